The number of thioether (sulfide) groups is 1. The molecule has 1 aromatic carbocycles. The van der Waals surface area contributed by atoms with Gasteiger partial charge in [0.05, 0.1) is 11.3 Å². The molecule has 96 valence electrons. The Bertz CT molecular complexity index is 467. The zero-order valence-electron chi connectivity index (χ0n) is 11.2. The van der Waals surface area contributed by atoms with Gasteiger partial charge in [-0.05, 0) is 32.4 Å². The summed E-state index contributed by atoms with van der Waals surface area (Å²) in [6, 6.07) is 8.96. The number of nitriles is 1. The van der Waals surface area contributed by atoms with Gasteiger partial charge in [0.1, 0.15) is 6.07 Å². The summed E-state index contributed by atoms with van der Waals surface area (Å²) in [5, 5.41) is 9.40. The fourth-order valence-electron chi connectivity index (χ4n) is 2.54. The maximum atomic E-state index is 9.40. The Kier molecular flexibility index (Phi) is 4.15. The summed E-state index contributed by atoms with van der Waals surface area (Å²) >= 11 is 1.64. The van der Waals surface area contributed by atoms with Gasteiger partial charge in [-0.3, -0.25) is 0 Å². The van der Waals surface area contributed by atoms with Crippen molar-refractivity contribution < 1.29 is 0 Å². The maximum absolute atomic E-state index is 9.40. The first kappa shape index (κ1) is 13.3. The van der Waals surface area contributed by atoms with E-state index in [9.17, 15) is 5.26 Å². The van der Waals surface area contributed by atoms with E-state index in [1.165, 1.54) is 0 Å². The number of nitrogens with zero attached hydrogens (tertiary/aromatic N) is 3. The monoisotopic (exact) mass is 261 g/mol. The quantitative estimate of drug-likeness (QED) is 0.765. The van der Waals surface area contributed by atoms with Crippen molar-refractivity contribution >= 4 is 17.4 Å². The molecule has 1 atom stereocenters. The van der Waals surface area contributed by atoms with Crippen molar-refractivity contribution in [3.05, 3.63) is 23.8 Å². The lowest BCUT2D eigenvalue weighted by Crippen LogP contribution is -2.50. The molecule has 3 nitrogen and oxygen atoms in total. The van der Waals surface area contributed by atoms with E-state index in [-0.39, 0.29) is 0 Å². The average Bonchev–Trinajstić information content (AvgIpc) is 2.37. The standard InChI is InChI=1S/C14H19N3S/c1-11-10-16(2)7-8-17(11)13-5-4-6-14(18-3)12(13)9-15/h4-6,11H,7-8,10H2,1-3H3. The highest BCUT2D eigenvalue weighted by Gasteiger charge is 2.24. The van der Waals surface area contributed by atoms with Crippen LogP contribution in [0.4, 0.5) is 5.69 Å². The molecule has 1 fully saturated rings. The van der Waals surface area contributed by atoms with Crippen molar-refractivity contribution in [2.45, 2.75) is 17.9 Å². The second-order valence-corrected chi connectivity index (χ2v) is 5.62. The van der Waals surface area contributed by atoms with Gasteiger partial charge in [0.2, 0.25) is 0 Å². The third-order valence-electron chi connectivity index (χ3n) is 3.48. The molecule has 0 bridgehead atoms. The molecule has 2 rings (SSSR count). The number of hydrogen-bond donors (Lipinski definition) is 0. The van der Waals surface area contributed by atoms with Crippen LogP contribution < -0.4 is 4.90 Å². The SMILES string of the molecule is CSc1cccc(N2CCN(C)CC2C)c1C#N. The van der Waals surface area contributed by atoms with E-state index < -0.39 is 0 Å². The smallest absolute Gasteiger partial charge is 0.103 e. The van der Waals surface area contributed by atoms with Crippen molar-refractivity contribution in [3.8, 4) is 6.07 Å². The van der Waals surface area contributed by atoms with Gasteiger partial charge in [-0.2, -0.15) is 5.26 Å². The van der Waals surface area contributed by atoms with Crippen LogP contribution in [0.3, 0.4) is 0 Å². The predicted molar refractivity (Wildman–Crippen MR) is 77.2 cm³/mol. The minimum Gasteiger partial charge on any atom is -0.365 e. The molecule has 1 aliphatic rings. The molecule has 0 saturated carbocycles. The van der Waals surface area contributed by atoms with Crippen LogP contribution in [-0.2, 0) is 0 Å². The van der Waals surface area contributed by atoms with Gasteiger partial charge in [0, 0.05) is 30.6 Å². The maximum Gasteiger partial charge on any atom is 0.103 e. The highest BCUT2D eigenvalue weighted by molar-refractivity contribution is 7.98. The summed E-state index contributed by atoms with van der Waals surface area (Å²) in [6.07, 6.45) is 2.02. The van der Waals surface area contributed by atoms with Crippen molar-refractivity contribution in [2.24, 2.45) is 0 Å². The highest BCUT2D eigenvalue weighted by atomic mass is 32.2. The molecule has 0 aromatic heterocycles. The average molecular weight is 261 g/mol. The Balaban J connectivity index is 2.36. The lowest BCUT2D eigenvalue weighted by Gasteiger charge is -2.40. The Morgan fingerprint density at radius 3 is 2.78 bits per heavy atom. The van der Waals surface area contributed by atoms with E-state index in [2.05, 4.69) is 35.9 Å². The molecule has 1 saturated heterocycles. The van der Waals surface area contributed by atoms with Gasteiger partial charge in [-0.25, -0.2) is 0 Å². The highest BCUT2D eigenvalue weighted by Crippen LogP contribution is 2.30. The summed E-state index contributed by atoms with van der Waals surface area (Å²) in [5.74, 6) is 0. The lowest BCUT2D eigenvalue weighted by molar-refractivity contribution is 0.275. The first-order valence-electron chi connectivity index (χ1n) is 6.19. The third-order valence-corrected chi connectivity index (χ3v) is 4.26. The summed E-state index contributed by atoms with van der Waals surface area (Å²) in [5.41, 5.74) is 1.91. The molecule has 18 heavy (non-hydrogen) atoms. The Hall–Kier alpha value is -1.18. The van der Waals surface area contributed by atoms with Crippen molar-refractivity contribution in [3.63, 3.8) is 0 Å². The van der Waals surface area contributed by atoms with E-state index >= 15 is 0 Å². The van der Waals surface area contributed by atoms with Gasteiger partial charge in [0.15, 0.2) is 0 Å². The van der Waals surface area contributed by atoms with Gasteiger partial charge >= 0.3 is 0 Å². The molecule has 0 spiro atoms. The predicted octanol–water partition coefficient (Wildman–Crippen LogP) is 2.42. The van der Waals surface area contributed by atoms with Crippen LogP contribution in [-0.4, -0.2) is 43.9 Å². The van der Waals surface area contributed by atoms with Crippen LogP contribution >= 0.6 is 11.8 Å². The van der Waals surface area contributed by atoms with Crippen molar-refractivity contribution in [2.75, 3.05) is 37.8 Å². The largest absolute Gasteiger partial charge is 0.365 e. The van der Waals surface area contributed by atoms with Crippen LogP contribution in [0.15, 0.2) is 23.1 Å². The third kappa shape index (κ3) is 2.47. The van der Waals surface area contributed by atoms with Gasteiger partial charge in [-0.1, -0.05) is 6.07 Å². The topological polar surface area (TPSA) is 30.3 Å². The molecule has 1 heterocycles. The van der Waals surface area contributed by atoms with Gasteiger partial charge in [0.25, 0.3) is 0 Å². The van der Waals surface area contributed by atoms with Crippen molar-refractivity contribution in [1.29, 1.82) is 5.26 Å². The molecule has 0 aliphatic carbocycles. The second kappa shape index (κ2) is 5.64. The first-order valence-corrected chi connectivity index (χ1v) is 7.42. The van der Waals surface area contributed by atoms with E-state index in [0.717, 1.165) is 35.8 Å². The van der Waals surface area contributed by atoms with Gasteiger partial charge in [-0.15, -0.1) is 11.8 Å². The second-order valence-electron chi connectivity index (χ2n) is 4.77. The zero-order valence-corrected chi connectivity index (χ0v) is 12.0. The molecule has 0 N–H and O–H groups in total. The number of benzene rings is 1. The van der Waals surface area contributed by atoms with Crippen molar-refractivity contribution in [1.82, 2.24) is 4.90 Å². The Morgan fingerprint density at radius 2 is 2.17 bits per heavy atom. The fourth-order valence-corrected chi connectivity index (χ4v) is 3.11. The summed E-state index contributed by atoms with van der Waals surface area (Å²) in [6.45, 7) is 5.32. The van der Waals surface area contributed by atoms with E-state index in [1.54, 1.807) is 11.8 Å². The Morgan fingerprint density at radius 1 is 1.39 bits per heavy atom. The molecule has 0 amide bonds. The molecule has 1 aromatic rings. The van der Waals surface area contributed by atoms with Crippen LogP contribution in [0.25, 0.3) is 0 Å². The molecular formula is C14H19N3S. The summed E-state index contributed by atoms with van der Waals surface area (Å²) < 4.78 is 0. The number of anilines is 1. The minimum absolute atomic E-state index is 0.452. The molecule has 1 aliphatic heterocycles. The zero-order chi connectivity index (χ0) is 13.1. The Labute approximate surface area is 113 Å². The number of rotatable bonds is 2. The lowest BCUT2D eigenvalue weighted by atomic mass is 10.1. The molecule has 4 heteroatoms. The fraction of sp³-hybridized carbons (Fsp3) is 0.500. The summed E-state index contributed by atoms with van der Waals surface area (Å²) in [4.78, 5) is 5.77. The number of piperazine rings is 1. The van der Waals surface area contributed by atoms with Crippen LogP contribution in [0.5, 0.6) is 0 Å². The minimum atomic E-state index is 0.452. The number of hydrogen-bond acceptors (Lipinski definition) is 4. The first-order chi connectivity index (χ1) is 8.67. The van der Waals surface area contributed by atoms with E-state index in [4.69, 9.17) is 0 Å². The van der Waals surface area contributed by atoms with Gasteiger partial charge < -0.3 is 9.80 Å². The van der Waals surface area contributed by atoms with Crippen LogP contribution in [0.1, 0.15) is 12.5 Å². The van der Waals surface area contributed by atoms with E-state index in [1.807, 2.05) is 18.4 Å². The molecule has 0 radical (unpaired) electrons. The molecule has 1 unspecified atom stereocenters. The van der Waals surface area contributed by atoms with Crippen LogP contribution in [0.2, 0.25) is 0 Å². The normalized spacial score (nSPS) is 20.8. The van der Waals surface area contributed by atoms with E-state index in [0.29, 0.717) is 6.04 Å². The molecular weight excluding hydrogens is 242 g/mol. The summed E-state index contributed by atoms with van der Waals surface area (Å²) in [7, 11) is 2.15. The van der Waals surface area contributed by atoms with Crippen LogP contribution in [0, 0.1) is 11.3 Å². The number of likely N-dealkylation sites (N-methyl/N-ethyl adjacent to an activating group) is 1.